The topological polar surface area (TPSA) is 217 Å². The summed E-state index contributed by atoms with van der Waals surface area (Å²) in [4.78, 5) is 48.8. The van der Waals surface area contributed by atoms with Gasteiger partial charge in [0.15, 0.2) is 39.6 Å². The summed E-state index contributed by atoms with van der Waals surface area (Å²) in [5, 5.41) is 10.3. The summed E-state index contributed by atoms with van der Waals surface area (Å²) >= 11 is 8.72. The van der Waals surface area contributed by atoms with Crippen LogP contribution in [0, 0.1) is 0 Å². The molecular weight excluding hydrogens is 1240 g/mol. The lowest BCUT2D eigenvalue weighted by molar-refractivity contribution is -0.140. The number of benzene rings is 5. The molecule has 3 aliphatic heterocycles. The van der Waals surface area contributed by atoms with Crippen LogP contribution < -0.4 is 43.6 Å². The van der Waals surface area contributed by atoms with Crippen molar-refractivity contribution < 1.29 is 67.4 Å². The SMILES string of the molecule is CCN(CC)CC.COc1ccccc1Cc1cnc(CC(=O)C2(c3ccc4c(c3)OCO4)CC2)s1.COc1ccccc1Cc1cnc(N)s1.O=C(Cl)C1(c2ccc3c(c2)OCO3)CC1.O=C(O)C1(c2ccc3c(c2)OCO3)CC1.O=S(Cl)Cl.[2H]CF. The molecule has 3 N–H and O–H groups in total. The number of carbonyl (C=O) groups is 3. The Labute approximate surface area is 531 Å². The highest BCUT2D eigenvalue weighted by molar-refractivity contribution is 8.26. The number of ether oxygens (including phenoxy) is 8. The number of aromatic nitrogens is 2. The van der Waals surface area contributed by atoms with Gasteiger partial charge in [-0.3, -0.25) is 18.8 Å². The zero-order chi connectivity index (χ0) is 63.4. The number of Topliss-reactive ketones (excluding diaryl/α,β-unsaturated/α-hetero) is 1. The van der Waals surface area contributed by atoms with Crippen LogP contribution in [-0.2, 0) is 59.1 Å². The molecule has 7 aromatic rings. The van der Waals surface area contributed by atoms with Gasteiger partial charge in [-0.15, -0.1) is 22.7 Å². The molecule has 5 heterocycles. The molecule has 3 aliphatic carbocycles. The molecule has 17 nitrogen and oxygen atoms in total. The Hall–Kier alpha value is -6.72. The number of thiazole rings is 2. The molecule has 0 radical (unpaired) electrons. The van der Waals surface area contributed by atoms with Gasteiger partial charge in [0.2, 0.25) is 34.8 Å². The molecular formula is C63H70Cl3FN4O13S3. The average molecular weight is 1310 g/mol. The Morgan fingerprint density at radius 3 is 1.38 bits per heavy atom. The van der Waals surface area contributed by atoms with Crippen LogP contribution in [0.15, 0.2) is 116 Å². The lowest BCUT2D eigenvalue weighted by Gasteiger charge is -2.14. The van der Waals surface area contributed by atoms with Crippen molar-refractivity contribution in [2.75, 3.05) is 67.1 Å². The first kappa shape index (κ1) is 66.2. The maximum absolute atomic E-state index is 13.1. The predicted molar refractivity (Wildman–Crippen MR) is 338 cm³/mol. The van der Waals surface area contributed by atoms with Crippen LogP contribution in [-0.4, -0.2) is 103 Å². The van der Waals surface area contributed by atoms with Gasteiger partial charge < -0.3 is 53.6 Å². The molecule has 87 heavy (non-hydrogen) atoms. The molecule has 13 rings (SSSR count). The maximum atomic E-state index is 13.1. The Morgan fingerprint density at radius 2 is 1.02 bits per heavy atom. The van der Waals surface area contributed by atoms with Gasteiger partial charge in [0.05, 0.1) is 45.4 Å². The van der Waals surface area contributed by atoms with Crippen molar-refractivity contribution in [3.63, 3.8) is 0 Å². The quantitative estimate of drug-likeness (QED) is 0.0810. The van der Waals surface area contributed by atoms with E-state index >= 15 is 0 Å². The minimum atomic E-state index is -1.67. The number of alkyl halides is 1. The monoisotopic (exact) mass is 1310 g/mol. The number of carbonyl (C=O) groups excluding carboxylic acids is 2. The fraction of sp³-hybridized carbons (Fsp3) is 0.381. The molecule has 0 amide bonds. The maximum Gasteiger partial charge on any atom is 0.314 e. The number of hydrogen-bond acceptors (Lipinski definition) is 18. The molecule has 2 aromatic heterocycles. The normalized spacial score (nSPS) is 15.4. The number of carboxylic acid groups (broad SMARTS) is 1. The molecule has 0 unspecified atom stereocenters. The van der Waals surface area contributed by atoms with E-state index in [1.165, 1.54) is 31.0 Å². The third-order valence-electron chi connectivity index (χ3n) is 15.3. The van der Waals surface area contributed by atoms with E-state index in [-0.39, 0.29) is 31.4 Å². The minimum Gasteiger partial charge on any atom is -0.496 e. The molecule has 0 bridgehead atoms. The Kier molecular flexibility index (Phi) is 24.3. The second-order valence-electron chi connectivity index (χ2n) is 20.3. The van der Waals surface area contributed by atoms with Crippen LogP contribution in [0.2, 0.25) is 0 Å². The Bertz CT molecular complexity index is 3400. The van der Waals surface area contributed by atoms with Crippen LogP contribution in [0.3, 0.4) is 0 Å². The molecule has 3 saturated carbocycles. The highest BCUT2D eigenvalue weighted by Crippen LogP contribution is 2.54. The van der Waals surface area contributed by atoms with Gasteiger partial charge in [0.1, 0.15) is 22.3 Å². The number of rotatable bonds is 17. The molecule has 6 aliphatic rings. The summed E-state index contributed by atoms with van der Waals surface area (Å²) < 4.78 is 67.0. The Morgan fingerprint density at radius 1 is 0.644 bits per heavy atom. The summed E-state index contributed by atoms with van der Waals surface area (Å²) in [6.45, 7) is 10.8. The second kappa shape index (κ2) is 32.0. The highest BCUT2D eigenvalue weighted by Gasteiger charge is 2.53. The first-order valence-corrected chi connectivity index (χ1v) is 32.6. The molecule has 3 fully saturated rings. The number of nitrogens with zero attached hydrogens (tertiary/aromatic N) is 3. The lowest BCUT2D eigenvalue weighted by atomic mass is 9.89. The molecule has 24 heteroatoms. The van der Waals surface area contributed by atoms with Crippen LogP contribution in [0.25, 0.3) is 0 Å². The van der Waals surface area contributed by atoms with Gasteiger partial charge in [-0.05, 0) is 146 Å². The zero-order valence-electron chi connectivity index (χ0n) is 49.8. The van der Waals surface area contributed by atoms with Crippen molar-refractivity contribution in [1.29, 1.82) is 0 Å². The van der Waals surface area contributed by atoms with E-state index in [0.29, 0.717) is 41.6 Å². The number of ketones is 1. The largest absolute Gasteiger partial charge is 0.496 e. The molecule has 466 valence electrons. The number of aliphatic carboxylic acids is 1. The first-order chi connectivity index (χ1) is 42.4. The van der Waals surface area contributed by atoms with Crippen LogP contribution in [0.1, 0.15) is 103 Å². The van der Waals surface area contributed by atoms with Crippen LogP contribution in [0.4, 0.5) is 9.52 Å². The Balaban J connectivity index is 0.000000162. The molecule has 5 aromatic carbocycles. The van der Waals surface area contributed by atoms with E-state index in [1.54, 1.807) is 37.7 Å². The number of halogens is 4. The van der Waals surface area contributed by atoms with Crippen molar-refractivity contribution in [1.82, 2.24) is 14.9 Å². The van der Waals surface area contributed by atoms with E-state index in [1.807, 2.05) is 91.3 Å². The number of hydrogen-bond donors (Lipinski definition) is 2. The molecule has 0 saturated heterocycles. The summed E-state index contributed by atoms with van der Waals surface area (Å²) in [6, 6.07) is 32.8. The van der Waals surface area contributed by atoms with E-state index in [4.69, 9.17) is 65.9 Å². The number of para-hydroxylation sites is 2. The van der Waals surface area contributed by atoms with Gasteiger partial charge in [0, 0.05) is 56.4 Å². The number of fused-ring (bicyclic) bond motifs is 3. The smallest absolute Gasteiger partial charge is 0.314 e. The van der Waals surface area contributed by atoms with Gasteiger partial charge >= 0.3 is 5.97 Å². The third-order valence-corrected chi connectivity index (χ3v) is 17.5. The van der Waals surface area contributed by atoms with Gasteiger partial charge in [-0.2, -0.15) is 0 Å². The van der Waals surface area contributed by atoms with E-state index in [0.717, 1.165) is 110 Å². The number of carboxylic acids is 1. The molecule has 0 atom stereocenters. The van der Waals surface area contributed by atoms with E-state index < -0.39 is 38.6 Å². The van der Waals surface area contributed by atoms with E-state index in [2.05, 4.69) is 69.1 Å². The number of nitrogens with two attached hydrogens (primary N) is 1. The fourth-order valence-corrected chi connectivity index (χ4v) is 11.8. The van der Waals surface area contributed by atoms with Gasteiger partial charge in [0.25, 0.3) is 0 Å². The average Bonchev–Trinajstić information content (AvgIpc) is 2.35. The van der Waals surface area contributed by atoms with Crippen molar-refractivity contribution in [2.45, 2.75) is 94.8 Å². The number of anilines is 1. The second-order valence-corrected chi connectivity index (χ2v) is 25.5. The van der Waals surface area contributed by atoms with Gasteiger partial charge in [-0.25, -0.2) is 14.2 Å². The van der Waals surface area contributed by atoms with Crippen molar-refractivity contribution >= 4 is 87.0 Å². The summed E-state index contributed by atoms with van der Waals surface area (Å²) in [5.74, 6) is 5.53. The summed E-state index contributed by atoms with van der Waals surface area (Å²) in [6.07, 6.45) is 10.5. The fourth-order valence-electron chi connectivity index (χ4n) is 9.88. The van der Waals surface area contributed by atoms with Crippen LogP contribution >= 0.6 is 55.6 Å². The summed E-state index contributed by atoms with van der Waals surface area (Å²) in [7, 11) is 9.72. The van der Waals surface area contributed by atoms with Crippen LogP contribution in [0.5, 0.6) is 46.0 Å². The number of methoxy groups -OCH3 is 2. The standard InChI is InChI=1S/C23H21NO4S.C11H9ClO3.C11H12N2OS.C11H10O4.C6H15N.CH3F.Cl2OS/c1-26-18-5-3-2-4-15(18)10-17-13-24-22(29-17)12-21(25)23(8-9-23)16-6-7-19-20(11-16)28-14-27-19;12-10(13)11(3-4-11)7-1-2-8-9(5-7)15-6-14-8;1-14-10-5-3-2-4-8(10)6-9-7-13-11(12)15-9;12-10(13)11(3-4-11)7-1-2-8-9(5-7)15-6-14-8;1-4-7(5-2)6-3;1-2;1-4(2)3/h2-7,11,13H,8-10,12,14H2,1H3;1-2,5H,3-4,6H2;2-5,7H,6H2,1H3,(H2,12,13);1-2,5H,3-4,6H2,(H,12,13);4-6H2,1-3H3;1H3;/i;;;;;1D;. The van der Waals surface area contributed by atoms with E-state index in [9.17, 15) is 18.8 Å². The van der Waals surface area contributed by atoms with Crippen molar-refractivity contribution in [2.24, 2.45) is 0 Å². The lowest BCUT2D eigenvalue weighted by Crippen LogP contribution is -2.22. The third kappa shape index (κ3) is 17.8. The van der Waals surface area contributed by atoms with Crippen molar-refractivity contribution in [3.8, 4) is 46.0 Å². The minimum absolute atomic E-state index is 0.221. The predicted octanol–water partition coefficient (Wildman–Crippen LogP) is 13.4. The number of nitrogen functional groups attached to an aromatic ring is 1. The van der Waals surface area contributed by atoms with Gasteiger partial charge in [-0.1, -0.05) is 75.4 Å². The summed E-state index contributed by atoms with van der Waals surface area (Å²) in [5.41, 5.74) is 9.12. The molecule has 0 spiro atoms. The zero-order valence-corrected chi connectivity index (χ0v) is 53.5. The highest BCUT2D eigenvalue weighted by atomic mass is 36.0. The van der Waals surface area contributed by atoms with Crippen molar-refractivity contribution in [3.05, 3.63) is 158 Å². The first-order valence-electron chi connectivity index (χ1n) is 28.5.